The van der Waals surface area contributed by atoms with Crippen molar-refractivity contribution in [2.24, 2.45) is 7.05 Å². The highest BCUT2D eigenvalue weighted by atomic mass is 16.5. The van der Waals surface area contributed by atoms with Crippen LogP contribution >= 0.6 is 0 Å². The molecule has 2 aromatic rings. The predicted molar refractivity (Wildman–Crippen MR) is 76.4 cm³/mol. The minimum atomic E-state index is -0.195. The maximum Gasteiger partial charge on any atom is 0.276 e. The summed E-state index contributed by atoms with van der Waals surface area (Å²) in [5.41, 5.74) is 7.44. The SMILES string of the molecule is COc1ccc(CN(C)C(=O)c2nn(C)cc2N)cc1. The number of nitrogens with two attached hydrogens (primary N) is 1. The summed E-state index contributed by atoms with van der Waals surface area (Å²) in [6, 6.07) is 7.57. The van der Waals surface area contributed by atoms with Crippen molar-refractivity contribution in [2.45, 2.75) is 6.54 Å². The van der Waals surface area contributed by atoms with E-state index >= 15 is 0 Å². The first-order valence-corrected chi connectivity index (χ1v) is 6.18. The van der Waals surface area contributed by atoms with Crippen molar-refractivity contribution in [2.75, 3.05) is 19.9 Å². The third-order valence-corrected chi connectivity index (χ3v) is 2.99. The normalized spacial score (nSPS) is 10.3. The van der Waals surface area contributed by atoms with Gasteiger partial charge in [-0.25, -0.2) is 0 Å². The number of hydrogen-bond acceptors (Lipinski definition) is 4. The summed E-state index contributed by atoms with van der Waals surface area (Å²) in [6.07, 6.45) is 1.62. The molecule has 1 aromatic carbocycles. The molecular weight excluding hydrogens is 256 g/mol. The maximum atomic E-state index is 12.3. The Bertz CT molecular complexity index is 604. The topological polar surface area (TPSA) is 73.4 Å². The molecule has 0 bridgehead atoms. The van der Waals surface area contributed by atoms with Crippen LogP contribution in [0.3, 0.4) is 0 Å². The van der Waals surface area contributed by atoms with E-state index in [1.807, 2.05) is 24.3 Å². The number of aryl methyl sites for hydroxylation is 1. The van der Waals surface area contributed by atoms with Gasteiger partial charge in [0.15, 0.2) is 5.69 Å². The Morgan fingerprint density at radius 3 is 2.55 bits per heavy atom. The molecule has 0 radical (unpaired) electrons. The summed E-state index contributed by atoms with van der Waals surface area (Å²) in [4.78, 5) is 13.8. The van der Waals surface area contributed by atoms with E-state index in [1.54, 1.807) is 32.3 Å². The van der Waals surface area contributed by atoms with Gasteiger partial charge in [-0.1, -0.05) is 12.1 Å². The lowest BCUT2D eigenvalue weighted by molar-refractivity contribution is 0.0779. The number of carbonyl (C=O) groups is 1. The van der Waals surface area contributed by atoms with Gasteiger partial charge in [-0.2, -0.15) is 5.10 Å². The monoisotopic (exact) mass is 274 g/mol. The molecule has 0 saturated heterocycles. The minimum absolute atomic E-state index is 0.195. The van der Waals surface area contributed by atoms with Gasteiger partial charge in [0, 0.05) is 26.8 Å². The molecule has 0 spiro atoms. The molecule has 20 heavy (non-hydrogen) atoms. The molecule has 0 aliphatic rings. The molecule has 0 saturated carbocycles. The van der Waals surface area contributed by atoms with Gasteiger partial charge >= 0.3 is 0 Å². The van der Waals surface area contributed by atoms with Crippen LogP contribution in [0.25, 0.3) is 0 Å². The highest BCUT2D eigenvalue weighted by molar-refractivity contribution is 5.96. The highest BCUT2D eigenvalue weighted by Gasteiger charge is 2.18. The molecule has 6 nitrogen and oxygen atoms in total. The van der Waals surface area contributed by atoms with Crippen LogP contribution in [0.1, 0.15) is 16.1 Å². The Balaban J connectivity index is 2.09. The van der Waals surface area contributed by atoms with Crippen molar-refractivity contribution < 1.29 is 9.53 Å². The lowest BCUT2D eigenvalue weighted by Crippen LogP contribution is -2.27. The van der Waals surface area contributed by atoms with E-state index in [0.717, 1.165) is 11.3 Å². The van der Waals surface area contributed by atoms with Gasteiger partial charge < -0.3 is 15.4 Å². The van der Waals surface area contributed by atoms with E-state index in [9.17, 15) is 4.79 Å². The number of aromatic nitrogens is 2. The molecule has 0 aliphatic carbocycles. The Hall–Kier alpha value is -2.50. The zero-order valence-corrected chi connectivity index (χ0v) is 11.8. The number of amides is 1. The second-order valence-corrected chi connectivity index (χ2v) is 4.62. The second-order valence-electron chi connectivity index (χ2n) is 4.62. The zero-order valence-electron chi connectivity index (χ0n) is 11.8. The molecule has 0 unspecified atom stereocenters. The van der Waals surface area contributed by atoms with Crippen LogP contribution in [0, 0.1) is 0 Å². The van der Waals surface area contributed by atoms with Gasteiger partial charge in [0.25, 0.3) is 5.91 Å². The number of nitrogens with zero attached hydrogens (tertiary/aromatic N) is 3. The zero-order chi connectivity index (χ0) is 14.7. The number of benzene rings is 1. The van der Waals surface area contributed by atoms with Crippen LogP contribution in [0.4, 0.5) is 5.69 Å². The van der Waals surface area contributed by atoms with Crippen LogP contribution in [-0.2, 0) is 13.6 Å². The summed E-state index contributed by atoms with van der Waals surface area (Å²) in [5.74, 6) is 0.593. The van der Waals surface area contributed by atoms with Crippen LogP contribution in [0.2, 0.25) is 0 Å². The number of methoxy groups -OCH3 is 1. The summed E-state index contributed by atoms with van der Waals surface area (Å²) >= 11 is 0. The lowest BCUT2D eigenvalue weighted by atomic mass is 10.2. The van der Waals surface area contributed by atoms with E-state index in [2.05, 4.69) is 5.10 Å². The molecule has 2 rings (SSSR count). The standard InChI is InChI=1S/C14H18N4O2/c1-17(8-10-4-6-11(20-3)7-5-10)14(19)13-12(15)9-18(2)16-13/h4-7,9H,8,15H2,1-3H3. The molecule has 106 valence electrons. The molecule has 6 heteroatoms. The largest absolute Gasteiger partial charge is 0.497 e. The van der Waals surface area contributed by atoms with Crippen molar-refractivity contribution in [3.8, 4) is 5.75 Å². The van der Waals surface area contributed by atoms with Crippen LogP contribution < -0.4 is 10.5 Å². The average molecular weight is 274 g/mol. The smallest absolute Gasteiger partial charge is 0.276 e. The van der Waals surface area contributed by atoms with Gasteiger partial charge in [0.05, 0.1) is 12.8 Å². The number of hydrogen-bond donors (Lipinski definition) is 1. The third-order valence-electron chi connectivity index (χ3n) is 2.99. The van der Waals surface area contributed by atoms with Crippen LogP contribution in [0.5, 0.6) is 5.75 Å². The Labute approximate surface area is 117 Å². The van der Waals surface area contributed by atoms with Gasteiger partial charge in [0.2, 0.25) is 0 Å². The summed E-state index contributed by atoms with van der Waals surface area (Å²) in [5, 5.41) is 4.08. The van der Waals surface area contributed by atoms with Gasteiger partial charge in [-0.3, -0.25) is 9.48 Å². The fraction of sp³-hybridized carbons (Fsp3) is 0.286. The van der Waals surface area contributed by atoms with Gasteiger partial charge in [0.1, 0.15) is 5.75 Å². The fourth-order valence-corrected chi connectivity index (χ4v) is 1.93. The average Bonchev–Trinajstić information content (AvgIpc) is 2.77. The quantitative estimate of drug-likeness (QED) is 0.911. The van der Waals surface area contributed by atoms with E-state index in [0.29, 0.717) is 12.2 Å². The summed E-state index contributed by atoms with van der Waals surface area (Å²) in [6.45, 7) is 0.485. The number of carbonyl (C=O) groups excluding carboxylic acids is 1. The molecule has 1 aromatic heterocycles. The van der Waals surface area contributed by atoms with Crippen molar-refractivity contribution >= 4 is 11.6 Å². The van der Waals surface area contributed by atoms with E-state index in [-0.39, 0.29) is 11.6 Å². The van der Waals surface area contributed by atoms with Gasteiger partial charge in [-0.15, -0.1) is 0 Å². The van der Waals surface area contributed by atoms with Crippen molar-refractivity contribution in [3.05, 3.63) is 41.7 Å². The van der Waals surface area contributed by atoms with Crippen LogP contribution in [-0.4, -0.2) is 34.7 Å². The summed E-state index contributed by atoms with van der Waals surface area (Å²) in [7, 11) is 5.08. The Kier molecular flexibility index (Phi) is 3.93. The van der Waals surface area contributed by atoms with Crippen molar-refractivity contribution in [1.82, 2.24) is 14.7 Å². The molecule has 0 fully saturated rings. The second kappa shape index (κ2) is 5.64. The van der Waals surface area contributed by atoms with Crippen LogP contribution in [0.15, 0.2) is 30.5 Å². The molecule has 2 N–H and O–H groups in total. The van der Waals surface area contributed by atoms with Crippen molar-refractivity contribution in [3.63, 3.8) is 0 Å². The molecule has 0 aliphatic heterocycles. The Morgan fingerprint density at radius 2 is 2.05 bits per heavy atom. The Morgan fingerprint density at radius 1 is 1.40 bits per heavy atom. The van der Waals surface area contributed by atoms with E-state index in [4.69, 9.17) is 10.5 Å². The number of anilines is 1. The first kappa shape index (κ1) is 13.9. The molecular formula is C14H18N4O2. The molecule has 0 atom stereocenters. The molecule has 1 heterocycles. The van der Waals surface area contributed by atoms with Gasteiger partial charge in [-0.05, 0) is 17.7 Å². The van der Waals surface area contributed by atoms with E-state index < -0.39 is 0 Å². The number of nitrogen functional groups attached to an aromatic ring is 1. The first-order chi connectivity index (χ1) is 9.51. The fourth-order valence-electron chi connectivity index (χ4n) is 1.93. The number of ether oxygens (including phenoxy) is 1. The lowest BCUT2D eigenvalue weighted by Gasteiger charge is -2.16. The number of rotatable bonds is 4. The predicted octanol–water partition coefficient (Wildman–Crippen LogP) is 1.28. The van der Waals surface area contributed by atoms with Crippen molar-refractivity contribution in [1.29, 1.82) is 0 Å². The minimum Gasteiger partial charge on any atom is -0.497 e. The third kappa shape index (κ3) is 2.90. The maximum absolute atomic E-state index is 12.3. The van der Waals surface area contributed by atoms with E-state index in [1.165, 1.54) is 4.68 Å². The highest BCUT2D eigenvalue weighted by Crippen LogP contribution is 2.15. The summed E-state index contributed by atoms with van der Waals surface area (Å²) < 4.78 is 6.63. The first-order valence-electron chi connectivity index (χ1n) is 6.18. The molecule has 1 amide bonds.